The molecule has 6 rings (SSSR count). The van der Waals surface area contributed by atoms with E-state index in [2.05, 4.69) is 11.9 Å². The Morgan fingerprint density at radius 2 is 1.53 bits per heavy atom. The first-order chi connectivity index (χ1) is 22.9. The largest absolute Gasteiger partial charge is 0.369 e. The lowest BCUT2D eigenvalue weighted by Crippen LogP contribution is -2.49. The number of benzene rings is 4. The van der Waals surface area contributed by atoms with E-state index in [4.69, 9.17) is 10.7 Å². The number of ketones is 1. The van der Waals surface area contributed by atoms with E-state index in [0.29, 0.717) is 46.1 Å². The molecular weight excluding hydrogens is 588 g/mol. The van der Waals surface area contributed by atoms with Gasteiger partial charge in [0.25, 0.3) is 5.91 Å². The van der Waals surface area contributed by atoms with Crippen molar-refractivity contribution in [3.05, 3.63) is 144 Å². The van der Waals surface area contributed by atoms with Crippen LogP contribution in [0.25, 0.3) is 0 Å². The van der Waals surface area contributed by atoms with Gasteiger partial charge >= 0.3 is 0 Å². The van der Waals surface area contributed by atoms with Crippen molar-refractivity contribution in [2.45, 2.75) is 31.8 Å². The number of benzodiazepines with no additional fused rings is 1. The van der Waals surface area contributed by atoms with E-state index in [1.165, 1.54) is 4.90 Å². The smallest absolute Gasteiger partial charge is 0.276 e. The molecule has 4 aromatic rings. The van der Waals surface area contributed by atoms with E-state index < -0.39 is 35.7 Å². The highest BCUT2D eigenvalue weighted by Gasteiger charge is 2.40. The number of hydrogen-bond acceptors (Lipinski definition) is 5. The third-order valence-corrected chi connectivity index (χ3v) is 8.73. The van der Waals surface area contributed by atoms with Gasteiger partial charge in [-0.3, -0.25) is 24.1 Å². The van der Waals surface area contributed by atoms with Crippen LogP contribution in [0, 0.1) is 17.8 Å². The van der Waals surface area contributed by atoms with E-state index in [9.17, 15) is 19.2 Å². The predicted molar refractivity (Wildman–Crippen MR) is 182 cm³/mol. The van der Waals surface area contributed by atoms with Gasteiger partial charge in [0.15, 0.2) is 5.78 Å². The molecule has 236 valence electrons. The lowest BCUT2D eigenvalue weighted by atomic mass is 9.84. The predicted octanol–water partition coefficient (Wildman–Crippen LogP) is 5.97. The molecule has 8 nitrogen and oxygen atoms in total. The van der Waals surface area contributed by atoms with E-state index >= 15 is 0 Å². The number of para-hydroxylation sites is 1. The van der Waals surface area contributed by atoms with Gasteiger partial charge in [-0.05, 0) is 37.0 Å². The van der Waals surface area contributed by atoms with Crippen molar-refractivity contribution in [2.75, 3.05) is 4.90 Å². The van der Waals surface area contributed by atoms with Crippen molar-refractivity contribution in [1.82, 2.24) is 5.32 Å². The molecule has 1 saturated carbocycles. The number of carbonyl (C=O) groups excluding carboxylic acids is 4. The number of nitrogens with one attached hydrogen (secondary N) is 1. The van der Waals surface area contributed by atoms with Crippen molar-refractivity contribution in [3.8, 4) is 0 Å². The van der Waals surface area contributed by atoms with Crippen LogP contribution in [0.15, 0.2) is 127 Å². The molecule has 1 fully saturated rings. The van der Waals surface area contributed by atoms with Crippen LogP contribution in [-0.4, -0.2) is 35.4 Å². The van der Waals surface area contributed by atoms with Gasteiger partial charge in [-0.1, -0.05) is 110 Å². The topological polar surface area (TPSA) is 122 Å². The van der Waals surface area contributed by atoms with Crippen molar-refractivity contribution in [3.63, 3.8) is 0 Å². The molecule has 2 aliphatic rings. The lowest BCUT2D eigenvalue weighted by Gasteiger charge is -2.28. The maximum Gasteiger partial charge on any atom is 0.276 e. The Kier molecular flexibility index (Phi) is 9.20. The second kappa shape index (κ2) is 13.8. The summed E-state index contributed by atoms with van der Waals surface area (Å²) in [5.41, 5.74) is 9.68. The number of anilines is 2. The zero-order chi connectivity index (χ0) is 32.9. The van der Waals surface area contributed by atoms with Gasteiger partial charge < -0.3 is 11.1 Å². The number of amides is 3. The third kappa shape index (κ3) is 6.82. The Morgan fingerprint density at radius 3 is 2.21 bits per heavy atom. The number of nitrogens with two attached hydrogens (primary N) is 1. The number of nitrogens with zero attached hydrogens (tertiary/aromatic N) is 2. The van der Waals surface area contributed by atoms with Crippen LogP contribution in [-0.2, 0) is 14.4 Å². The Balaban J connectivity index is 1.45. The highest BCUT2D eigenvalue weighted by Crippen LogP contribution is 2.39. The van der Waals surface area contributed by atoms with Crippen molar-refractivity contribution < 1.29 is 19.2 Å². The molecular formula is C39H36N4O4. The number of hydrogen-bond donors (Lipinski definition) is 2. The number of carbonyl (C=O) groups is 4. The number of fused-ring (bicyclic) bond motifs is 1. The minimum atomic E-state index is -1.34. The first-order valence-electron chi connectivity index (χ1n) is 15.8. The summed E-state index contributed by atoms with van der Waals surface area (Å²) in [4.78, 5) is 61.1. The Hall–Kier alpha value is -5.63. The first-order valence-corrected chi connectivity index (χ1v) is 15.8. The number of rotatable bonds is 12. The van der Waals surface area contributed by atoms with Crippen LogP contribution >= 0.6 is 0 Å². The summed E-state index contributed by atoms with van der Waals surface area (Å²) in [5, 5.41) is 2.91. The molecule has 0 bridgehead atoms. The fraction of sp³-hybridized carbons (Fsp3) is 0.205. The highest BCUT2D eigenvalue weighted by molar-refractivity contribution is 6.22. The average Bonchev–Trinajstić information content (AvgIpc) is 3.94. The van der Waals surface area contributed by atoms with Gasteiger partial charge in [0.2, 0.25) is 18.0 Å². The van der Waals surface area contributed by atoms with Crippen LogP contribution in [0.5, 0.6) is 0 Å². The molecule has 4 aromatic carbocycles. The molecule has 3 N–H and O–H groups in total. The number of aliphatic imine (C=N–C) groups is 1. The summed E-state index contributed by atoms with van der Waals surface area (Å²) in [6.07, 6.45) is 2.94. The Morgan fingerprint density at radius 1 is 0.872 bits per heavy atom. The number of allylic oxidation sites excluding steroid dienone is 1. The van der Waals surface area contributed by atoms with E-state index in [1.807, 2.05) is 60.7 Å². The zero-order valence-corrected chi connectivity index (χ0v) is 25.9. The second-order valence-corrected chi connectivity index (χ2v) is 12.0. The molecule has 0 saturated heterocycles. The van der Waals surface area contributed by atoms with Gasteiger partial charge in [-0.2, -0.15) is 0 Å². The molecule has 1 aliphatic carbocycles. The van der Waals surface area contributed by atoms with Gasteiger partial charge in [0, 0.05) is 27.9 Å². The maximum atomic E-state index is 14.7. The molecule has 47 heavy (non-hydrogen) atoms. The number of primary amides is 1. The summed E-state index contributed by atoms with van der Waals surface area (Å²) in [5.74, 6) is -2.93. The van der Waals surface area contributed by atoms with Crippen LogP contribution < -0.4 is 16.0 Å². The van der Waals surface area contributed by atoms with Crippen LogP contribution in [0.3, 0.4) is 0 Å². The van der Waals surface area contributed by atoms with Crippen molar-refractivity contribution in [1.29, 1.82) is 0 Å². The SMILES string of the molecule is C=CC[C@H](C(N)=O)[C@@H](CC1CC1)C(=O)NC1N=C(c2ccccc2)c2ccccc2N(c2cccc(C(=O)c3ccccc3)c2)C1=O. The van der Waals surface area contributed by atoms with Crippen LogP contribution in [0.2, 0.25) is 0 Å². The third-order valence-electron chi connectivity index (χ3n) is 8.73. The highest BCUT2D eigenvalue weighted by atomic mass is 16.2. The summed E-state index contributed by atoms with van der Waals surface area (Å²) in [6.45, 7) is 3.76. The fourth-order valence-corrected chi connectivity index (χ4v) is 6.16. The first kappa shape index (κ1) is 31.4. The summed E-state index contributed by atoms with van der Waals surface area (Å²) in [6, 6.07) is 32.7. The normalized spacial score (nSPS) is 17.0. The molecule has 0 aromatic heterocycles. The van der Waals surface area contributed by atoms with Gasteiger partial charge in [-0.15, -0.1) is 6.58 Å². The maximum absolute atomic E-state index is 14.7. The van der Waals surface area contributed by atoms with Crippen LogP contribution in [0.1, 0.15) is 52.7 Å². The molecule has 1 unspecified atom stereocenters. The molecule has 3 amide bonds. The Bertz CT molecular complexity index is 1850. The zero-order valence-electron chi connectivity index (χ0n) is 25.9. The standard InChI is InChI=1S/C39H36N4O4/c1-2-12-30(36(40)45)32(23-25-21-22-25)38(46)42-37-39(47)43(29-18-11-17-28(24-29)35(44)27-15-7-4-8-16-27)33-20-10-9-19-31(33)34(41-37)26-13-5-3-6-14-26/h2-11,13-20,24-25,30,32,37H,1,12,21-23H2,(H2,40,45)(H,42,46)/t30-,32+,37?/m0/s1. The molecule has 0 spiro atoms. The minimum absolute atomic E-state index is 0.184. The summed E-state index contributed by atoms with van der Waals surface area (Å²) < 4.78 is 0. The lowest BCUT2D eigenvalue weighted by molar-refractivity contribution is -0.135. The van der Waals surface area contributed by atoms with Crippen molar-refractivity contribution in [2.24, 2.45) is 28.5 Å². The van der Waals surface area contributed by atoms with Gasteiger partial charge in [0.05, 0.1) is 23.2 Å². The van der Waals surface area contributed by atoms with E-state index in [0.717, 1.165) is 18.4 Å². The minimum Gasteiger partial charge on any atom is -0.369 e. The molecule has 0 radical (unpaired) electrons. The van der Waals surface area contributed by atoms with Crippen molar-refractivity contribution >= 4 is 40.6 Å². The fourth-order valence-electron chi connectivity index (χ4n) is 6.16. The van der Waals surface area contributed by atoms with E-state index in [1.54, 1.807) is 54.6 Å². The molecule has 1 aliphatic heterocycles. The van der Waals surface area contributed by atoms with E-state index in [-0.39, 0.29) is 12.2 Å². The van der Waals surface area contributed by atoms with Gasteiger partial charge in [-0.25, -0.2) is 4.99 Å². The molecule has 3 atom stereocenters. The molecule has 1 heterocycles. The monoisotopic (exact) mass is 624 g/mol. The Labute approximate surface area is 274 Å². The quantitative estimate of drug-likeness (QED) is 0.149. The van der Waals surface area contributed by atoms with Gasteiger partial charge in [0.1, 0.15) is 0 Å². The molecule has 8 heteroatoms. The summed E-state index contributed by atoms with van der Waals surface area (Å²) >= 11 is 0. The average molecular weight is 625 g/mol. The summed E-state index contributed by atoms with van der Waals surface area (Å²) in [7, 11) is 0. The van der Waals surface area contributed by atoms with Crippen LogP contribution in [0.4, 0.5) is 11.4 Å². The second-order valence-electron chi connectivity index (χ2n) is 12.0.